The first-order valence-electron chi connectivity index (χ1n) is 12.7. The molecule has 0 aliphatic carbocycles. The summed E-state index contributed by atoms with van der Waals surface area (Å²) in [5.41, 5.74) is 1.69. The number of fused-ring (bicyclic) bond motifs is 2. The van der Waals surface area contributed by atoms with Gasteiger partial charge in [0.2, 0.25) is 5.91 Å². The zero-order valence-corrected chi connectivity index (χ0v) is 20.7. The average Bonchev–Trinajstić information content (AvgIpc) is 3.24. The number of hydrogen-bond acceptors (Lipinski definition) is 5. The molecule has 7 nitrogen and oxygen atoms in total. The highest BCUT2D eigenvalue weighted by molar-refractivity contribution is 5.92. The van der Waals surface area contributed by atoms with Gasteiger partial charge in [-0.2, -0.15) is 0 Å². The Morgan fingerprint density at radius 2 is 1.41 bits per heavy atom. The molecule has 5 rings (SSSR count). The summed E-state index contributed by atoms with van der Waals surface area (Å²) in [6.07, 6.45) is 0.751. The highest BCUT2D eigenvalue weighted by Gasteiger charge is 2.54. The third kappa shape index (κ3) is 4.94. The Kier molecular flexibility index (Phi) is 7.21. The summed E-state index contributed by atoms with van der Waals surface area (Å²) in [5.74, 6) is -0.824. The lowest BCUT2D eigenvalue weighted by molar-refractivity contribution is -0.161. The van der Waals surface area contributed by atoms with Crippen LogP contribution in [0.2, 0.25) is 0 Å². The quantitative estimate of drug-likeness (QED) is 0.464. The second kappa shape index (κ2) is 10.9. The molecule has 0 N–H and O–H groups in total. The molecule has 2 aliphatic heterocycles. The predicted octanol–water partition coefficient (Wildman–Crippen LogP) is 4.62. The number of piperazine rings is 1. The van der Waals surface area contributed by atoms with Gasteiger partial charge in [0.05, 0.1) is 24.6 Å². The Balaban J connectivity index is 1.48. The van der Waals surface area contributed by atoms with Crippen LogP contribution in [0.5, 0.6) is 5.75 Å². The number of para-hydroxylation sites is 1. The van der Waals surface area contributed by atoms with Gasteiger partial charge in [-0.15, -0.1) is 0 Å². The molecule has 2 aliphatic rings. The average molecular weight is 499 g/mol. The molecule has 7 heteroatoms. The summed E-state index contributed by atoms with van der Waals surface area (Å²) >= 11 is 0. The van der Waals surface area contributed by atoms with Gasteiger partial charge in [-0.1, -0.05) is 78.9 Å². The summed E-state index contributed by atoms with van der Waals surface area (Å²) in [6.45, 7) is 2.16. The number of esters is 1. The first-order chi connectivity index (χ1) is 18.1. The van der Waals surface area contributed by atoms with Crippen LogP contribution in [0.25, 0.3) is 0 Å². The standard InChI is InChI=1S/C30H30N2O5/c1-2-36-29(34)27-25-19-18-23(32(25)30(35)37-24-16-10-5-11-17-24)20-31(27)28(33)26(21-12-6-3-7-13-21)22-14-8-4-9-15-22/h3-17,23,25-27H,2,18-20H2,1H3/t23-,25+,27+/m0/s1. The van der Waals surface area contributed by atoms with Crippen LogP contribution in [-0.4, -0.2) is 59.0 Å². The van der Waals surface area contributed by atoms with Crippen LogP contribution in [-0.2, 0) is 14.3 Å². The fourth-order valence-electron chi connectivity index (χ4n) is 5.55. The van der Waals surface area contributed by atoms with E-state index in [1.807, 2.05) is 66.7 Å². The van der Waals surface area contributed by atoms with Gasteiger partial charge >= 0.3 is 12.1 Å². The molecular weight excluding hydrogens is 468 g/mol. The minimum Gasteiger partial charge on any atom is -0.464 e. The van der Waals surface area contributed by atoms with Crippen LogP contribution >= 0.6 is 0 Å². The van der Waals surface area contributed by atoms with Crippen molar-refractivity contribution in [2.75, 3.05) is 13.2 Å². The number of rotatable bonds is 6. The number of nitrogens with zero attached hydrogens (tertiary/aromatic N) is 2. The molecule has 3 atom stereocenters. The lowest BCUT2D eigenvalue weighted by Crippen LogP contribution is -2.66. The van der Waals surface area contributed by atoms with Gasteiger partial charge in [0.1, 0.15) is 5.75 Å². The second-order valence-corrected chi connectivity index (χ2v) is 9.33. The maximum atomic E-state index is 14.3. The van der Waals surface area contributed by atoms with E-state index in [9.17, 15) is 14.4 Å². The van der Waals surface area contributed by atoms with Gasteiger partial charge in [-0.05, 0) is 43.0 Å². The molecule has 2 heterocycles. The van der Waals surface area contributed by atoms with Crippen LogP contribution in [0.3, 0.4) is 0 Å². The topological polar surface area (TPSA) is 76.2 Å². The molecule has 0 saturated carbocycles. The van der Waals surface area contributed by atoms with Gasteiger partial charge in [-0.3, -0.25) is 9.69 Å². The Morgan fingerprint density at radius 3 is 1.97 bits per heavy atom. The van der Waals surface area contributed by atoms with Gasteiger partial charge in [-0.25, -0.2) is 9.59 Å². The molecule has 2 fully saturated rings. The van der Waals surface area contributed by atoms with Crippen LogP contribution in [0.15, 0.2) is 91.0 Å². The highest BCUT2D eigenvalue weighted by Crippen LogP contribution is 2.38. The molecule has 3 aromatic rings. The lowest BCUT2D eigenvalue weighted by atomic mass is 9.88. The van der Waals surface area contributed by atoms with Crippen LogP contribution in [0.4, 0.5) is 4.79 Å². The maximum Gasteiger partial charge on any atom is 0.415 e. The number of carbonyl (C=O) groups excluding carboxylic acids is 3. The SMILES string of the molecule is CCOC(=O)[C@H]1[C@H]2CC[C@@H](CN1C(=O)C(c1ccccc1)c1ccccc1)N2C(=O)Oc1ccccc1. The number of benzene rings is 3. The molecular formula is C30H30N2O5. The molecule has 2 bridgehead atoms. The maximum absolute atomic E-state index is 14.3. The van der Waals surface area contributed by atoms with Crippen molar-refractivity contribution >= 4 is 18.0 Å². The summed E-state index contributed by atoms with van der Waals surface area (Å²) < 4.78 is 11.1. The number of hydrogen-bond donors (Lipinski definition) is 0. The minimum atomic E-state index is -0.913. The lowest BCUT2D eigenvalue weighted by Gasteiger charge is -2.45. The fourth-order valence-corrected chi connectivity index (χ4v) is 5.55. The van der Waals surface area contributed by atoms with Crippen molar-refractivity contribution in [2.45, 2.75) is 43.8 Å². The minimum absolute atomic E-state index is 0.177. The summed E-state index contributed by atoms with van der Waals surface area (Å²) in [7, 11) is 0. The zero-order chi connectivity index (χ0) is 25.8. The molecule has 190 valence electrons. The first-order valence-corrected chi connectivity index (χ1v) is 12.7. The summed E-state index contributed by atoms with van der Waals surface area (Å²) in [4.78, 5) is 44.1. The molecule has 0 aromatic heterocycles. The van der Waals surface area contributed by atoms with Crippen LogP contribution < -0.4 is 4.74 Å². The number of ether oxygens (including phenoxy) is 2. The van der Waals surface area contributed by atoms with Crippen molar-refractivity contribution in [2.24, 2.45) is 0 Å². The third-order valence-electron chi connectivity index (χ3n) is 7.14. The third-order valence-corrected chi connectivity index (χ3v) is 7.14. The van der Waals surface area contributed by atoms with E-state index in [1.54, 1.807) is 41.0 Å². The number of likely N-dealkylation sites (tertiary alicyclic amines) is 1. The summed E-state index contributed by atoms with van der Waals surface area (Å²) in [6, 6.07) is 26.3. The Hall–Kier alpha value is -4.13. The van der Waals surface area contributed by atoms with Crippen molar-refractivity contribution in [3.05, 3.63) is 102 Å². The molecule has 2 saturated heterocycles. The monoisotopic (exact) mass is 498 g/mol. The van der Waals surface area contributed by atoms with Crippen molar-refractivity contribution < 1.29 is 23.9 Å². The summed E-state index contributed by atoms with van der Waals surface area (Å²) in [5, 5.41) is 0. The van der Waals surface area contributed by atoms with Gasteiger partial charge in [0.15, 0.2) is 6.04 Å². The van der Waals surface area contributed by atoms with E-state index in [1.165, 1.54) is 0 Å². The molecule has 0 spiro atoms. The second-order valence-electron chi connectivity index (χ2n) is 9.33. The molecule has 37 heavy (non-hydrogen) atoms. The van der Waals surface area contributed by atoms with Gasteiger partial charge in [0.25, 0.3) is 0 Å². The van der Waals surface area contributed by atoms with E-state index in [0.29, 0.717) is 18.6 Å². The van der Waals surface area contributed by atoms with E-state index in [0.717, 1.165) is 11.1 Å². The van der Waals surface area contributed by atoms with Crippen LogP contribution in [0.1, 0.15) is 36.8 Å². The number of amides is 2. The van der Waals surface area contributed by atoms with Crippen molar-refractivity contribution in [3.8, 4) is 5.75 Å². The van der Waals surface area contributed by atoms with E-state index in [2.05, 4.69) is 0 Å². The van der Waals surface area contributed by atoms with E-state index < -0.39 is 30.1 Å². The molecule has 2 amide bonds. The molecule has 0 radical (unpaired) electrons. The van der Waals surface area contributed by atoms with Crippen molar-refractivity contribution in [1.82, 2.24) is 9.80 Å². The largest absolute Gasteiger partial charge is 0.464 e. The van der Waals surface area contributed by atoms with Gasteiger partial charge < -0.3 is 14.4 Å². The Labute approximate surface area is 216 Å². The Morgan fingerprint density at radius 1 is 0.838 bits per heavy atom. The Bertz CT molecular complexity index is 1200. The van der Waals surface area contributed by atoms with Crippen molar-refractivity contribution in [3.63, 3.8) is 0 Å². The van der Waals surface area contributed by atoms with E-state index in [4.69, 9.17) is 9.47 Å². The number of carbonyl (C=O) groups is 3. The van der Waals surface area contributed by atoms with E-state index in [-0.39, 0.29) is 25.1 Å². The fraction of sp³-hybridized carbons (Fsp3) is 0.300. The normalized spacial score (nSPS) is 20.5. The van der Waals surface area contributed by atoms with Gasteiger partial charge in [0, 0.05) is 6.54 Å². The first kappa shape index (κ1) is 24.6. The van der Waals surface area contributed by atoms with E-state index >= 15 is 0 Å². The highest BCUT2D eigenvalue weighted by atomic mass is 16.6. The molecule has 0 unspecified atom stereocenters. The predicted molar refractivity (Wildman–Crippen MR) is 138 cm³/mol. The zero-order valence-electron chi connectivity index (χ0n) is 20.7. The molecule has 3 aromatic carbocycles. The smallest absolute Gasteiger partial charge is 0.415 e. The van der Waals surface area contributed by atoms with Crippen molar-refractivity contribution in [1.29, 1.82) is 0 Å². The van der Waals surface area contributed by atoms with Crippen LogP contribution in [0, 0.1) is 0 Å².